The molecule has 0 N–H and O–H groups in total. The van der Waals surface area contributed by atoms with Gasteiger partial charge in [0.25, 0.3) is 5.91 Å². The Morgan fingerprint density at radius 3 is 2.31 bits per heavy atom. The molecule has 26 heavy (non-hydrogen) atoms. The van der Waals surface area contributed by atoms with Crippen molar-refractivity contribution in [1.82, 2.24) is 25.1 Å². The molecule has 2 aromatic heterocycles. The highest BCUT2D eigenvalue weighted by atomic mass is 32.1. The van der Waals surface area contributed by atoms with E-state index in [1.807, 2.05) is 43.9 Å². The number of rotatable bonds is 2. The normalized spacial score (nSPS) is 14.9. The molecular weight excluding hydrogens is 348 g/mol. The Morgan fingerprint density at radius 1 is 0.962 bits per heavy atom. The molecule has 0 bridgehead atoms. The molecule has 1 saturated heterocycles. The minimum absolute atomic E-state index is 0.0417. The topological polar surface area (TPSA) is 75.1 Å². The average molecular weight is 368 g/mol. The summed E-state index contributed by atoms with van der Waals surface area (Å²) >= 11 is 1.59. The van der Waals surface area contributed by atoms with E-state index in [1.54, 1.807) is 11.3 Å². The van der Waals surface area contributed by atoms with E-state index in [-0.39, 0.29) is 5.91 Å². The number of hydrogen-bond acceptors (Lipinski definition) is 7. The third kappa shape index (κ3) is 3.12. The van der Waals surface area contributed by atoms with Gasteiger partial charge in [0.2, 0.25) is 5.13 Å². The van der Waals surface area contributed by atoms with Crippen LogP contribution in [0.2, 0.25) is 0 Å². The predicted molar refractivity (Wildman–Crippen MR) is 102 cm³/mol. The van der Waals surface area contributed by atoms with Crippen molar-refractivity contribution >= 4 is 33.4 Å². The molecule has 1 amide bonds. The molecule has 134 valence electrons. The minimum atomic E-state index is 0.0417. The van der Waals surface area contributed by atoms with Crippen molar-refractivity contribution in [2.45, 2.75) is 20.8 Å². The summed E-state index contributed by atoms with van der Waals surface area (Å²) in [6.45, 7) is 8.72. The van der Waals surface area contributed by atoms with Gasteiger partial charge in [-0.05, 0) is 39.0 Å². The SMILES string of the molecule is Cc1nnc(N2CCN(C(=O)c3ccc4nc(C)c(C)nc4c3)CC2)s1. The van der Waals surface area contributed by atoms with E-state index in [2.05, 4.69) is 25.1 Å². The Hall–Kier alpha value is -2.61. The van der Waals surface area contributed by atoms with Crippen LogP contribution >= 0.6 is 11.3 Å². The maximum atomic E-state index is 12.9. The van der Waals surface area contributed by atoms with E-state index in [9.17, 15) is 4.79 Å². The van der Waals surface area contributed by atoms with Gasteiger partial charge in [0.15, 0.2) is 0 Å². The van der Waals surface area contributed by atoms with Crippen LogP contribution in [0.5, 0.6) is 0 Å². The highest BCUT2D eigenvalue weighted by Gasteiger charge is 2.24. The van der Waals surface area contributed by atoms with Crippen molar-refractivity contribution in [2.24, 2.45) is 0 Å². The predicted octanol–water partition coefficient (Wildman–Crippen LogP) is 2.37. The molecule has 0 atom stereocenters. The molecule has 0 saturated carbocycles. The van der Waals surface area contributed by atoms with Gasteiger partial charge in [0, 0.05) is 31.7 Å². The summed E-state index contributed by atoms with van der Waals surface area (Å²) in [7, 11) is 0. The third-order valence-electron chi connectivity index (χ3n) is 4.68. The van der Waals surface area contributed by atoms with E-state index in [0.717, 1.165) is 45.6 Å². The lowest BCUT2D eigenvalue weighted by atomic mass is 10.1. The number of nitrogens with zero attached hydrogens (tertiary/aromatic N) is 6. The molecule has 1 aliphatic heterocycles. The summed E-state index contributed by atoms with van der Waals surface area (Å²) in [5, 5.41) is 10.2. The van der Waals surface area contributed by atoms with Gasteiger partial charge in [-0.3, -0.25) is 4.79 Å². The van der Waals surface area contributed by atoms with Crippen LogP contribution in [0.25, 0.3) is 11.0 Å². The molecule has 1 aliphatic rings. The molecule has 0 aliphatic carbocycles. The van der Waals surface area contributed by atoms with Crippen molar-refractivity contribution in [3.8, 4) is 0 Å². The van der Waals surface area contributed by atoms with Crippen molar-refractivity contribution in [3.63, 3.8) is 0 Å². The molecule has 1 fully saturated rings. The number of hydrogen-bond donors (Lipinski definition) is 0. The molecule has 0 unspecified atom stereocenters. The molecule has 3 heterocycles. The Balaban J connectivity index is 1.49. The van der Waals surface area contributed by atoms with Gasteiger partial charge in [-0.25, -0.2) is 9.97 Å². The number of carbonyl (C=O) groups excluding carboxylic acids is 1. The highest BCUT2D eigenvalue weighted by molar-refractivity contribution is 7.15. The minimum Gasteiger partial charge on any atom is -0.343 e. The maximum absolute atomic E-state index is 12.9. The van der Waals surface area contributed by atoms with Gasteiger partial charge in [0.05, 0.1) is 22.4 Å². The lowest BCUT2D eigenvalue weighted by molar-refractivity contribution is 0.0747. The van der Waals surface area contributed by atoms with Crippen molar-refractivity contribution in [3.05, 3.63) is 40.2 Å². The molecule has 4 rings (SSSR count). The first-order valence-electron chi connectivity index (χ1n) is 8.60. The molecule has 1 aromatic carbocycles. The fraction of sp³-hybridized carbons (Fsp3) is 0.389. The van der Waals surface area contributed by atoms with Gasteiger partial charge in [0.1, 0.15) is 5.01 Å². The quantitative estimate of drug-likeness (QED) is 0.691. The van der Waals surface area contributed by atoms with Crippen LogP contribution in [0.1, 0.15) is 26.8 Å². The Morgan fingerprint density at radius 2 is 1.65 bits per heavy atom. The van der Waals surface area contributed by atoms with Crippen LogP contribution in [0.4, 0.5) is 5.13 Å². The summed E-state index contributed by atoms with van der Waals surface area (Å²) in [6, 6.07) is 5.56. The summed E-state index contributed by atoms with van der Waals surface area (Å²) in [4.78, 5) is 26.0. The first-order valence-corrected chi connectivity index (χ1v) is 9.42. The van der Waals surface area contributed by atoms with Gasteiger partial charge < -0.3 is 9.80 Å². The number of aromatic nitrogens is 4. The van der Waals surface area contributed by atoms with E-state index in [4.69, 9.17) is 0 Å². The number of piperazine rings is 1. The van der Waals surface area contributed by atoms with Crippen LogP contribution < -0.4 is 4.90 Å². The molecular formula is C18H20N6OS. The van der Waals surface area contributed by atoms with Crippen molar-refractivity contribution in [2.75, 3.05) is 31.1 Å². The first kappa shape index (κ1) is 16.8. The van der Waals surface area contributed by atoms with Crippen molar-refractivity contribution < 1.29 is 4.79 Å². The zero-order valence-electron chi connectivity index (χ0n) is 15.1. The largest absolute Gasteiger partial charge is 0.343 e. The first-order chi connectivity index (χ1) is 12.5. The lowest BCUT2D eigenvalue weighted by Gasteiger charge is -2.34. The van der Waals surface area contributed by atoms with Crippen LogP contribution in [0.15, 0.2) is 18.2 Å². The second-order valence-corrected chi connectivity index (χ2v) is 7.64. The Labute approximate surface area is 155 Å². The lowest BCUT2D eigenvalue weighted by Crippen LogP contribution is -2.48. The molecule has 0 spiro atoms. The number of fused-ring (bicyclic) bond motifs is 1. The number of anilines is 1. The number of carbonyl (C=O) groups is 1. The van der Waals surface area contributed by atoms with Crippen LogP contribution in [0.3, 0.4) is 0 Å². The number of benzene rings is 1. The van der Waals surface area contributed by atoms with Crippen LogP contribution in [0, 0.1) is 20.8 Å². The molecule has 7 nitrogen and oxygen atoms in total. The van der Waals surface area contributed by atoms with Crippen molar-refractivity contribution in [1.29, 1.82) is 0 Å². The maximum Gasteiger partial charge on any atom is 0.254 e. The van der Waals surface area contributed by atoms with Gasteiger partial charge in [-0.15, -0.1) is 10.2 Å². The zero-order valence-corrected chi connectivity index (χ0v) is 15.9. The summed E-state index contributed by atoms with van der Waals surface area (Å²) in [6.07, 6.45) is 0. The van der Waals surface area contributed by atoms with Crippen LogP contribution in [-0.4, -0.2) is 57.2 Å². The second-order valence-electron chi connectivity index (χ2n) is 6.48. The van der Waals surface area contributed by atoms with E-state index >= 15 is 0 Å². The Bertz CT molecular complexity index is 977. The third-order valence-corrected chi connectivity index (χ3v) is 5.57. The van der Waals surface area contributed by atoms with Crippen LogP contribution in [-0.2, 0) is 0 Å². The summed E-state index contributed by atoms with van der Waals surface area (Å²) in [5.41, 5.74) is 4.06. The average Bonchev–Trinajstić information content (AvgIpc) is 3.08. The van der Waals surface area contributed by atoms with Gasteiger partial charge >= 0.3 is 0 Å². The zero-order chi connectivity index (χ0) is 18.3. The fourth-order valence-electron chi connectivity index (χ4n) is 3.06. The Kier molecular flexibility index (Phi) is 4.28. The molecule has 3 aromatic rings. The van der Waals surface area contributed by atoms with Gasteiger partial charge in [-0.2, -0.15) is 0 Å². The van der Waals surface area contributed by atoms with E-state index < -0.39 is 0 Å². The fourth-order valence-corrected chi connectivity index (χ4v) is 3.80. The smallest absolute Gasteiger partial charge is 0.254 e. The number of amides is 1. The summed E-state index contributed by atoms with van der Waals surface area (Å²) < 4.78 is 0. The second kappa shape index (κ2) is 6.60. The highest BCUT2D eigenvalue weighted by Crippen LogP contribution is 2.22. The summed E-state index contributed by atoms with van der Waals surface area (Å²) in [5.74, 6) is 0.0417. The molecule has 8 heteroatoms. The standard InChI is InChI=1S/C18H20N6OS/c1-11-12(2)20-16-10-14(4-5-15(16)19-11)17(25)23-6-8-24(9-7-23)18-22-21-13(3)26-18/h4-5,10H,6-9H2,1-3H3. The van der Waals surface area contributed by atoms with E-state index in [1.165, 1.54) is 0 Å². The number of aryl methyl sites for hydroxylation is 3. The van der Waals surface area contributed by atoms with E-state index in [0.29, 0.717) is 18.7 Å². The molecule has 0 radical (unpaired) electrons. The van der Waals surface area contributed by atoms with Gasteiger partial charge in [-0.1, -0.05) is 11.3 Å². The monoisotopic (exact) mass is 368 g/mol.